The Kier molecular flexibility index (Phi) is 6.42. The monoisotopic (exact) mass is 413 g/mol. The molecule has 0 atom stereocenters. The maximum absolute atomic E-state index is 13.0. The highest BCUT2D eigenvalue weighted by molar-refractivity contribution is 8.27. The summed E-state index contributed by atoms with van der Waals surface area (Å²) in [6, 6.07) is 11.6. The van der Waals surface area contributed by atoms with Crippen molar-refractivity contribution in [3.05, 3.63) is 58.0 Å². The van der Waals surface area contributed by atoms with Crippen LogP contribution in [0, 0.1) is 13.8 Å². The molecule has 4 nitrogen and oxygen atoms in total. The van der Waals surface area contributed by atoms with Crippen LogP contribution < -0.4 is 14.4 Å². The zero-order valence-electron chi connectivity index (χ0n) is 16.4. The number of methoxy groups -OCH3 is 1. The quantitative estimate of drug-likeness (QED) is 0.461. The molecule has 0 N–H and O–H groups in total. The van der Waals surface area contributed by atoms with Gasteiger partial charge in [-0.1, -0.05) is 43.0 Å². The van der Waals surface area contributed by atoms with Gasteiger partial charge in [0.05, 0.1) is 24.3 Å². The molecule has 1 aliphatic heterocycles. The van der Waals surface area contributed by atoms with Gasteiger partial charge in [0.15, 0.2) is 15.8 Å². The molecule has 1 saturated heterocycles. The molecule has 1 heterocycles. The molecule has 3 rings (SSSR count). The topological polar surface area (TPSA) is 38.8 Å². The number of nitrogens with zero attached hydrogens (tertiary/aromatic N) is 1. The summed E-state index contributed by atoms with van der Waals surface area (Å²) in [5.41, 5.74) is 3.97. The molecular formula is C22H23NO3S2. The summed E-state index contributed by atoms with van der Waals surface area (Å²) in [4.78, 5) is 15.2. The van der Waals surface area contributed by atoms with E-state index in [2.05, 4.69) is 6.92 Å². The number of aryl methyl sites for hydroxylation is 2. The number of amides is 1. The van der Waals surface area contributed by atoms with Crippen LogP contribution in [-0.4, -0.2) is 23.9 Å². The molecule has 2 aromatic carbocycles. The molecule has 0 aromatic heterocycles. The number of anilines is 1. The standard InChI is InChI=1S/C22H23NO3S2/c1-5-10-26-18-9-7-16(12-19(18)25-4)13-20-21(24)23(22(27)28-20)17-8-6-14(2)15(3)11-17/h6-9,11-13H,5,10H2,1-4H3/b20-13-. The third-order valence-corrected chi connectivity index (χ3v) is 5.79. The van der Waals surface area contributed by atoms with Gasteiger partial charge in [-0.05, 0) is 67.3 Å². The van der Waals surface area contributed by atoms with E-state index < -0.39 is 0 Å². The van der Waals surface area contributed by atoms with Crippen molar-refractivity contribution in [2.45, 2.75) is 27.2 Å². The molecule has 0 radical (unpaired) electrons. The lowest BCUT2D eigenvalue weighted by molar-refractivity contribution is -0.113. The summed E-state index contributed by atoms with van der Waals surface area (Å²) < 4.78 is 11.7. The predicted octanol–water partition coefficient (Wildman–Crippen LogP) is 5.51. The fourth-order valence-corrected chi connectivity index (χ4v) is 4.11. The van der Waals surface area contributed by atoms with E-state index >= 15 is 0 Å². The van der Waals surface area contributed by atoms with Crippen LogP contribution in [-0.2, 0) is 4.79 Å². The van der Waals surface area contributed by atoms with Crippen molar-refractivity contribution in [3.8, 4) is 11.5 Å². The van der Waals surface area contributed by atoms with Gasteiger partial charge in [-0.2, -0.15) is 0 Å². The zero-order chi connectivity index (χ0) is 20.3. The average Bonchev–Trinajstić information content (AvgIpc) is 2.96. The molecule has 28 heavy (non-hydrogen) atoms. The molecule has 0 aliphatic carbocycles. The van der Waals surface area contributed by atoms with Crippen LogP contribution in [0.4, 0.5) is 5.69 Å². The van der Waals surface area contributed by atoms with Gasteiger partial charge in [0.2, 0.25) is 0 Å². The lowest BCUT2D eigenvalue weighted by atomic mass is 10.1. The van der Waals surface area contributed by atoms with Gasteiger partial charge in [-0.15, -0.1) is 0 Å². The second-order valence-electron chi connectivity index (χ2n) is 6.54. The van der Waals surface area contributed by atoms with E-state index in [1.807, 2.05) is 56.3 Å². The fourth-order valence-electron chi connectivity index (χ4n) is 2.81. The molecule has 146 valence electrons. The van der Waals surface area contributed by atoms with Gasteiger partial charge in [-0.3, -0.25) is 9.69 Å². The second-order valence-corrected chi connectivity index (χ2v) is 8.22. The summed E-state index contributed by atoms with van der Waals surface area (Å²) in [6.45, 7) is 6.76. The van der Waals surface area contributed by atoms with Crippen molar-refractivity contribution in [3.63, 3.8) is 0 Å². The zero-order valence-corrected chi connectivity index (χ0v) is 18.1. The molecule has 1 amide bonds. The predicted molar refractivity (Wildman–Crippen MR) is 120 cm³/mol. The minimum atomic E-state index is -0.108. The summed E-state index contributed by atoms with van der Waals surface area (Å²) in [5.74, 6) is 1.24. The third-order valence-electron chi connectivity index (χ3n) is 4.49. The number of rotatable bonds is 6. The van der Waals surface area contributed by atoms with Crippen molar-refractivity contribution < 1.29 is 14.3 Å². The maximum Gasteiger partial charge on any atom is 0.270 e. The Balaban J connectivity index is 1.88. The molecule has 0 unspecified atom stereocenters. The van der Waals surface area contributed by atoms with Gasteiger partial charge in [-0.25, -0.2) is 0 Å². The molecular weight excluding hydrogens is 390 g/mol. The van der Waals surface area contributed by atoms with Crippen LogP contribution in [0.5, 0.6) is 11.5 Å². The van der Waals surface area contributed by atoms with E-state index in [0.29, 0.717) is 27.3 Å². The van der Waals surface area contributed by atoms with Crippen molar-refractivity contribution >= 4 is 46.0 Å². The number of benzene rings is 2. The molecule has 1 aliphatic rings. The molecule has 0 saturated carbocycles. The molecule has 6 heteroatoms. The number of ether oxygens (including phenoxy) is 2. The van der Waals surface area contributed by atoms with E-state index in [0.717, 1.165) is 23.2 Å². The van der Waals surface area contributed by atoms with Crippen LogP contribution >= 0.6 is 24.0 Å². The SMILES string of the molecule is CCCOc1ccc(/C=C2\SC(=S)N(c3ccc(C)c(C)c3)C2=O)cc1OC. The maximum atomic E-state index is 13.0. The number of hydrogen-bond donors (Lipinski definition) is 0. The number of carbonyl (C=O) groups excluding carboxylic acids is 1. The van der Waals surface area contributed by atoms with Crippen molar-refractivity contribution in [2.24, 2.45) is 0 Å². The minimum absolute atomic E-state index is 0.108. The highest BCUT2D eigenvalue weighted by Gasteiger charge is 2.33. The number of carbonyl (C=O) groups is 1. The van der Waals surface area contributed by atoms with Crippen LogP contribution in [0.15, 0.2) is 41.3 Å². The van der Waals surface area contributed by atoms with E-state index in [4.69, 9.17) is 21.7 Å². The number of hydrogen-bond acceptors (Lipinski definition) is 5. The first-order valence-electron chi connectivity index (χ1n) is 9.10. The average molecular weight is 414 g/mol. The van der Waals surface area contributed by atoms with Gasteiger partial charge in [0, 0.05) is 0 Å². The van der Waals surface area contributed by atoms with E-state index in [9.17, 15) is 4.79 Å². The Morgan fingerprint density at radius 1 is 1.11 bits per heavy atom. The smallest absolute Gasteiger partial charge is 0.270 e. The second kappa shape index (κ2) is 8.80. The van der Waals surface area contributed by atoms with Crippen LogP contribution in [0.1, 0.15) is 30.0 Å². The van der Waals surface area contributed by atoms with Crippen molar-refractivity contribution in [1.82, 2.24) is 0 Å². The lowest BCUT2D eigenvalue weighted by Crippen LogP contribution is -2.27. The minimum Gasteiger partial charge on any atom is -0.493 e. The first-order valence-corrected chi connectivity index (χ1v) is 10.3. The normalized spacial score (nSPS) is 15.4. The lowest BCUT2D eigenvalue weighted by Gasteiger charge is -2.16. The summed E-state index contributed by atoms with van der Waals surface area (Å²) in [6.07, 6.45) is 2.76. The van der Waals surface area contributed by atoms with E-state index in [1.165, 1.54) is 17.3 Å². The summed E-state index contributed by atoms with van der Waals surface area (Å²) in [7, 11) is 1.61. The van der Waals surface area contributed by atoms with Crippen LogP contribution in [0.3, 0.4) is 0 Å². The van der Waals surface area contributed by atoms with E-state index in [-0.39, 0.29) is 5.91 Å². The van der Waals surface area contributed by atoms with Gasteiger partial charge in [0.25, 0.3) is 5.91 Å². The number of thiocarbonyl (C=S) groups is 1. The Bertz CT molecular complexity index is 953. The Hall–Kier alpha value is -2.31. The molecule has 2 aromatic rings. The van der Waals surface area contributed by atoms with Gasteiger partial charge >= 0.3 is 0 Å². The number of thioether (sulfide) groups is 1. The fraction of sp³-hybridized carbons (Fsp3) is 0.273. The Morgan fingerprint density at radius 3 is 2.57 bits per heavy atom. The Labute approximate surface area is 175 Å². The van der Waals surface area contributed by atoms with E-state index in [1.54, 1.807) is 12.0 Å². The molecule has 0 bridgehead atoms. The highest BCUT2D eigenvalue weighted by Crippen LogP contribution is 2.37. The largest absolute Gasteiger partial charge is 0.493 e. The van der Waals surface area contributed by atoms with Gasteiger partial charge in [0.1, 0.15) is 0 Å². The van der Waals surface area contributed by atoms with Crippen LogP contribution in [0.2, 0.25) is 0 Å². The summed E-state index contributed by atoms with van der Waals surface area (Å²) >= 11 is 6.78. The molecule has 0 spiro atoms. The highest BCUT2D eigenvalue weighted by atomic mass is 32.2. The first kappa shape index (κ1) is 20.4. The van der Waals surface area contributed by atoms with Crippen molar-refractivity contribution in [1.29, 1.82) is 0 Å². The Morgan fingerprint density at radius 2 is 1.89 bits per heavy atom. The first-order chi connectivity index (χ1) is 13.4. The van der Waals surface area contributed by atoms with Gasteiger partial charge < -0.3 is 9.47 Å². The summed E-state index contributed by atoms with van der Waals surface area (Å²) in [5, 5.41) is 0. The third kappa shape index (κ3) is 4.23. The van der Waals surface area contributed by atoms with Crippen molar-refractivity contribution in [2.75, 3.05) is 18.6 Å². The van der Waals surface area contributed by atoms with Crippen LogP contribution in [0.25, 0.3) is 6.08 Å². The molecule has 1 fully saturated rings.